The van der Waals surface area contributed by atoms with Crippen molar-refractivity contribution in [2.45, 2.75) is 12.8 Å². The maximum absolute atomic E-state index is 12.5. The molecule has 1 saturated heterocycles. The zero-order chi connectivity index (χ0) is 19.5. The highest BCUT2D eigenvalue weighted by Crippen LogP contribution is 2.23. The van der Waals surface area contributed by atoms with E-state index < -0.39 is 6.61 Å². The number of anilines is 1. The lowest BCUT2D eigenvalue weighted by Gasteiger charge is -2.30. The summed E-state index contributed by atoms with van der Waals surface area (Å²) in [5, 5.41) is 11.9. The molecular formula is C21H22N4O3. The summed E-state index contributed by atoms with van der Waals surface area (Å²) in [4.78, 5) is 33.5. The van der Waals surface area contributed by atoms with Crippen molar-refractivity contribution in [1.29, 1.82) is 0 Å². The Bertz CT molecular complexity index is 955. The fourth-order valence-corrected chi connectivity index (χ4v) is 3.54. The third-order valence-corrected chi connectivity index (χ3v) is 5.17. The number of piperidine rings is 1. The Labute approximate surface area is 162 Å². The second kappa shape index (κ2) is 7.82. The van der Waals surface area contributed by atoms with E-state index in [9.17, 15) is 9.59 Å². The van der Waals surface area contributed by atoms with Gasteiger partial charge in [-0.15, -0.1) is 0 Å². The summed E-state index contributed by atoms with van der Waals surface area (Å²) in [5.74, 6) is 0.352. The number of para-hydroxylation sites is 2. The van der Waals surface area contributed by atoms with Crippen molar-refractivity contribution in [1.82, 2.24) is 14.9 Å². The summed E-state index contributed by atoms with van der Waals surface area (Å²) < 4.78 is 0. The Hall–Kier alpha value is -3.19. The van der Waals surface area contributed by atoms with Gasteiger partial charge in [0.2, 0.25) is 11.8 Å². The second-order valence-electron chi connectivity index (χ2n) is 6.98. The first-order chi connectivity index (χ1) is 13.6. The number of carbonyl (C=O) groups excluding carboxylic acids is 2. The predicted octanol–water partition coefficient (Wildman–Crippen LogP) is 2.40. The summed E-state index contributed by atoms with van der Waals surface area (Å²) in [6.07, 6.45) is 1.21. The number of amides is 2. The van der Waals surface area contributed by atoms with Gasteiger partial charge in [-0.2, -0.15) is 0 Å². The lowest BCUT2D eigenvalue weighted by molar-refractivity contribution is -0.137. The van der Waals surface area contributed by atoms with E-state index in [1.165, 1.54) is 0 Å². The van der Waals surface area contributed by atoms with Gasteiger partial charge in [-0.3, -0.25) is 9.59 Å². The van der Waals surface area contributed by atoms with Crippen LogP contribution in [0.3, 0.4) is 0 Å². The highest BCUT2D eigenvalue weighted by molar-refractivity contribution is 5.93. The number of likely N-dealkylation sites (tertiary alicyclic amines) is 1. The molecule has 0 unspecified atom stereocenters. The van der Waals surface area contributed by atoms with Gasteiger partial charge in [0.15, 0.2) is 0 Å². The van der Waals surface area contributed by atoms with Gasteiger partial charge < -0.3 is 20.3 Å². The van der Waals surface area contributed by atoms with E-state index in [0.29, 0.717) is 25.9 Å². The number of carbonyl (C=O) groups is 2. The monoisotopic (exact) mass is 378 g/mol. The van der Waals surface area contributed by atoms with Crippen LogP contribution in [0.5, 0.6) is 0 Å². The van der Waals surface area contributed by atoms with Crippen LogP contribution in [-0.2, 0) is 9.59 Å². The number of hydrogen-bond acceptors (Lipinski definition) is 4. The van der Waals surface area contributed by atoms with Gasteiger partial charge in [0.25, 0.3) is 0 Å². The standard InChI is InChI=1S/C21H22N4O3/c26-13-19(27)25-11-9-15(10-12-25)21(28)22-16-7-5-14(6-8-16)20-23-17-3-1-2-4-18(17)24-20/h1-8,15,26H,9-13H2,(H,22,28)(H,23,24). The average molecular weight is 378 g/mol. The molecule has 1 aliphatic heterocycles. The van der Waals surface area contributed by atoms with Gasteiger partial charge in [-0.25, -0.2) is 4.98 Å². The first-order valence-corrected chi connectivity index (χ1v) is 9.39. The molecule has 144 valence electrons. The van der Waals surface area contributed by atoms with E-state index in [4.69, 9.17) is 5.11 Å². The van der Waals surface area contributed by atoms with E-state index >= 15 is 0 Å². The van der Waals surface area contributed by atoms with Crippen molar-refractivity contribution in [2.24, 2.45) is 5.92 Å². The number of imidazole rings is 1. The SMILES string of the molecule is O=C(Nc1ccc(-c2nc3ccccc3[nH]2)cc1)C1CCN(C(=O)CO)CC1. The van der Waals surface area contributed by atoms with Gasteiger partial charge in [-0.05, 0) is 49.2 Å². The van der Waals surface area contributed by atoms with Crippen LogP contribution in [-0.4, -0.2) is 51.5 Å². The molecule has 7 heteroatoms. The molecule has 7 nitrogen and oxygen atoms in total. The van der Waals surface area contributed by atoms with Crippen LogP contribution in [0.4, 0.5) is 5.69 Å². The smallest absolute Gasteiger partial charge is 0.248 e. The van der Waals surface area contributed by atoms with Crippen LogP contribution in [0.15, 0.2) is 48.5 Å². The maximum Gasteiger partial charge on any atom is 0.248 e. The first-order valence-electron chi connectivity index (χ1n) is 9.39. The molecule has 0 spiro atoms. The molecule has 0 radical (unpaired) electrons. The molecule has 2 amide bonds. The summed E-state index contributed by atoms with van der Waals surface area (Å²) in [6, 6.07) is 15.5. The molecular weight excluding hydrogens is 356 g/mol. The number of nitrogens with one attached hydrogen (secondary N) is 2. The number of hydrogen-bond donors (Lipinski definition) is 3. The van der Waals surface area contributed by atoms with Crippen LogP contribution in [0.25, 0.3) is 22.4 Å². The molecule has 28 heavy (non-hydrogen) atoms. The fraction of sp³-hybridized carbons (Fsp3) is 0.286. The predicted molar refractivity (Wildman–Crippen MR) is 107 cm³/mol. The Morgan fingerprint density at radius 3 is 2.50 bits per heavy atom. The maximum atomic E-state index is 12.5. The molecule has 3 N–H and O–H groups in total. The Morgan fingerprint density at radius 1 is 1.11 bits per heavy atom. The van der Waals surface area contributed by atoms with Gasteiger partial charge in [0, 0.05) is 30.3 Å². The van der Waals surface area contributed by atoms with E-state index in [0.717, 1.165) is 28.1 Å². The number of rotatable bonds is 4. The summed E-state index contributed by atoms with van der Waals surface area (Å²) >= 11 is 0. The van der Waals surface area contributed by atoms with Crippen LogP contribution >= 0.6 is 0 Å². The number of aromatic amines is 1. The summed E-state index contributed by atoms with van der Waals surface area (Å²) in [7, 11) is 0. The van der Waals surface area contributed by atoms with Crippen molar-refractivity contribution in [2.75, 3.05) is 25.0 Å². The van der Waals surface area contributed by atoms with Gasteiger partial charge in [-0.1, -0.05) is 12.1 Å². The van der Waals surface area contributed by atoms with Gasteiger partial charge in [0.05, 0.1) is 11.0 Å². The number of nitrogens with zero attached hydrogens (tertiary/aromatic N) is 2. The third kappa shape index (κ3) is 3.75. The number of benzene rings is 2. The zero-order valence-electron chi connectivity index (χ0n) is 15.4. The molecule has 4 rings (SSSR count). The molecule has 0 saturated carbocycles. The van der Waals surface area contributed by atoms with Crippen LogP contribution < -0.4 is 5.32 Å². The number of fused-ring (bicyclic) bond motifs is 1. The zero-order valence-corrected chi connectivity index (χ0v) is 15.4. The van der Waals surface area contributed by atoms with E-state index in [-0.39, 0.29) is 17.7 Å². The van der Waals surface area contributed by atoms with Crippen molar-refractivity contribution in [3.8, 4) is 11.4 Å². The van der Waals surface area contributed by atoms with Gasteiger partial charge in [0.1, 0.15) is 12.4 Å². The first kappa shape index (κ1) is 18.2. The van der Waals surface area contributed by atoms with Crippen molar-refractivity contribution >= 4 is 28.5 Å². The van der Waals surface area contributed by atoms with Crippen LogP contribution in [0.1, 0.15) is 12.8 Å². The van der Waals surface area contributed by atoms with E-state index in [1.54, 1.807) is 4.90 Å². The minimum atomic E-state index is -0.478. The number of aromatic nitrogens is 2. The largest absolute Gasteiger partial charge is 0.387 e. The summed E-state index contributed by atoms with van der Waals surface area (Å²) in [5.41, 5.74) is 3.59. The van der Waals surface area contributed by atoms with E-state index in [1.807, 2.05) is 48.5 Å². The number of H-pyrrole nitrogens is 1. The minimum absolute atomic E-state index is 0.0346. The molecule has 1 aromatic heterocycles. The van der Waals surface area contributed by atoms with Crippen molar-refractivity contribution < 1.29 is 14.7 Å². The van der Waals surface area contributed by atoms with Crippen molar-refractivity contribution in [3.63, 3.8) is 0 Å². The molecule has 0 atom stereocenters. The minimum Gasteiger partial charge on any atom is -0.387 e. The lowest BCUT2D eigenvalue weighted by Crippen LogP contribution is -2.42. The second-order valence-corrected chi connectivity index (χ2v) is 6.98. The number of aliphatic hydroxyl groups excluding tert-OH is 1. The Morgan fingerprint density at radius 2 is 1.82 bits per heavy atom. The molecule has 1 fully saturated rings. The van der Waals surface area contributed by atoms with Crippen LogP contribution in [0, 0.1) is 5.92 Å². The quantitative estimate of drug-likeness (QED) is 0.649. The van der Waals surface area contributed by atoms with E-state index in [2.05, 4.69) is 15.3 Å². The topological polar surface area (TPSA) is 98.3 Å². The Kier molecular flexibility index (Phi) is 5.08. The molecule has 2 aromatic carbocycles. The van der Waals surface area contributed by atoms with Gasteiger partial charge >= 0.3 is 0 Å². The van der Waals surface area contributed by atoms with Crippen molar-refractivity contribution in [3.05, 3.63) is 48.5 Å². The highest BCUT2D eigenvalue weighted by atomic mass is 16.3. The summed E-state index contributed by atoms with van der Waals surface area (Å²) in [6.45, 7) is 0.527. The molecule has 0 aliphatic carbocycles. The molecule has 0 bridgehead atoms. The van der Waals surface area contributed by atoms with Crippen LogP contribution in [0.2, 0.25) is 0 Å². The lowest BCUT2D eigenvalue weighted by atomic mass is 9.95. The average Bonchev–Trinajstić information content (AvgIpc) is 3.18. The molecule has 1 aliphatic rings. The highest BCUT2D eigenvalue weighted by Gasteiger charge is 2.27. The Balaban J connectivity index is 1.38. The normalized spacial score (nSPS) is 15.0. The third-order valence-electron chi connectivity index (χ3n) is 5.17. The number of aliphatic hydroxyl groups is 1. The fourth-order valence-electron chi connectivity index (χ4n) is 3.54. The molecule has 2 heterocycles. The molecule has 3 aromatic rings.